The van der Waals surface area contributed by atoms with Gasteiger partial charge >= 0.3 is 0 Å². The van der Waals surface area contributed by atoms with E-state index in [2.05, 4.69) is 4.72 Å². The van der Waals surface area contributed by atoms with Crippen molar-refractivity contribution in [1.29, 1.82) is 0 Å². The summed E-state index contributed by atoms with van der Waals surface area (Å²) in [4.78, 5) is -0.456. The highest BCUT2D eigenvalue weighted by atomic mass is 32.2. The van der Waals surface area contributed by atoms with Crippen LogP contribution in [0.5, 0.6) is 0 Å². The molecule has 0 bridgehead atoms. The van der Waals surface area contributed by atoms with E-state index < -0.39 is 36.1 Å². The maximum atomic E-state index is 13.7. The molecule has 1 saturated heterocycles. The van der Waals surface area contributed by atoms with E-state index in [1.54, 1.807) is 6.92 Å². The Hall–Kier alpha value is -0.990. The number of benzene rings is 1. The summed E-state index contributed by atoms with van der Waals surface area (Å²) in [6, 6.07) is 3.78. The summed E-state index contributed by atoms with van der Waals surface area (Å²) in [7, 11) is -7.34. The summed E-state index contributed by atoms with van der Waals surface area (Å²) in [6.45, 7) is 3.17. The average molecular weight is 321 g/mol. The summed E-state index contributed by atoms with van der Waals surface area (Å²) in [5, 5.41) is 0. The monoisotopic (exact) mass is 321 g/mol. The summed E-state index contributed by atoms with van der Waals surface area (Å²) < 4.78 is 63.4. The van der Waals surface area contributed by atoms with Crippen LogP contribution in [0.2, 0.25) is 0 Å². The molecule has 1 aromatic rings. The van der Waals surface area contributed by atoms with Crippen LogP contribution in [-0.4, -0.2) is 33.9 Å². The zero-order valence-electron chi connectivity index (χ0n) is 11.2. The Labute approximate surface area is 118 Å². The first kappa shape index (κ1) is 15.4. The molecule has 20 heavy (non-hydrogen) atoms. The molecular weight excluding hydrogens is 305 g/mol. The Morgan fingerprint density at radius 3 is 2.55 bits per heavy atom. The molecule has 112 valence electrons. The third-order valence-corrected chi connectivity index (χ3v) is 6.82. The van der Waals surface area contributed by atoms with Crippen LogP contribution in [0.1, 0.15) is 18.9 Å². The van der Waals surface area contributed by atoms with Crippen LogP contribution >= 0.6 is 0 Å². The lowest BCUT2D eigenvalue weighted by molar-refractivity contribution is 0.458. The van der Waals surface area contributed by atoms with E-state index in [-0.39, 0.29) is 17.9 Å². The van der Waals surface area contributed by atoms with Gasteiger partial charge in [-0.05, 0) is 38.0 Å². The van der Waals surface area contributed by atoms with Crippen molar-refractivity contribution in [2.45, 2.75) is 30.7 Å². The number of rotatable bonds is 3. The molecule has 0 aromatic heterocycles. The second kappa shape index (κ2) is 4.78. The van der Waals surface area contributed by atoms with Crippen LogP contribution in [0.3, 0.4) is 0 Å². The molecule has 5 nitrogen and oxygen atoms in total. The van der Waals surface area contributed by atoms with Crippen LogP contribution < -0.4 is 4.72 Å². The molecule has 0 aliphatic carbocycles. The van der Waals surface area contributed by atoms with Crippen LogP contribution in [0, 0.1) is 12.7 Å². The first-order chi connectivity index (χ1) is 9.03. The highest BCUT2D eigenvalue weighted by Crippen LogP contribution is 2.26. The van der Waals surface area contributed by atoms with E-state index in [4.69, 9.17) is 0 Å². The molecule has 0 saturated carbocycles. The van der Waals surface area contributed by atoms with Crippen LogP contribution in [0.4, 0.5) is 4.39 Å². The van der Waals surface area contributed by atoms with Gasteiger partial charge in [-0.25, -0.2) is 25.9 Å². The van der Waals surface area contributed by atoms with Gasteiger partial charge in [-0.15, -0.1) is 0 Å². The Morgan fingerprint density at radius 2 is 2.00 bits per heavy atom. The van der Waals surface area contributed by atoms with E-state index in [1.807, 2.05) is 0 Å². The van der Waals surface area contributed by atoms with Gasteiger partial charge in [0.1, 0.15) is 10.7 Å². The Balaban J connectivity index is 2.35. The van der Waals surface area contributed by atoms with Crippen molar-refractivity contribution in [3.8, 4) is 0 Å². The van der Waals surface area contributed by atoms with E-state index in [1.165, 1.54) is 19.1 Å². The van der Waals surface area contributed by atoms with Crippen molar-refractivity contribution in [1.82, 2.24) is 4.72 Å². The number of halogens is 1. The zero-order chi connectivity index (χ0) is 15.2. The van der Waals surface area contributed by atoms with E-state index >= 15 is 0 Å². The molecule has 2 rings (SSSR count). The molecule has 8 heteroatoms. The van der Waals surface area contributed by atoms with Crippen molar-refractivity contribution in [2.24, 2.45) is 0 Å². The molecule has 1 aliphatic rings. The highest BCUT2D eigenvalue weighted by Gasteiger charge is 2.41. The zero-order valence-corrected chi connectivity index (χ0v) is 12.8. The van der Waals surface area contributed by atoms with Gasteiger partial charge in [0, 0.05) is 5.54 Å². The number of sulfonamides is 1. The van der Waals surface area contributed by atoms with Gasteiger partial charge in [-0.2, -0.15) is 0 Å². The Bertz CT molecular complexity index is 743. The average Bonchev–Trinajstić information content (AvgIpc) is 2.55. The molecule has 1 heterocycles. The number of sulfone groups is 1. The lowest BCUT2D eigenvalue weighted by Gasteiger charge is -2.23. The molecule has 1 fully saturated rings. The van der Waals surface area contributed by atoms with Crippen molar-refractivity contribution in [3.05, 3.63) is 29.6 Å². The van der Waals surface area contributed by atoms with Crippen molar-refractivity contribution in [2.75, 3.05) is 11.5 Å². The highest BCUT2D eigenvalue weighted by molar-refractivity contribution is 7.92. The number of hydrogen-bond donors (Lipinski definition) is 1. The standard InChI is InChI=1S/C12H16FNO4S2/c1-9-3-4-10(13)11(7-9)20(17,18)14-12(2)5-6-19(15,16)8-12/h3-4,7,14H,5-6,8H2,1-2H3. The van der Waals surface area contributed by atoms with Crippen LogP contribution in [0.15, 0.2) is 23.1 Å². The first-order valence-electron chi connectivity index (χ1n) is 6.04. The van der Waals surface area contributed by atoms with Crippen LogP contribution in [-0.2, 0) is 19.9 Å². The van der Waals surface area contributed by atoms with E-state index in [0.717, 1.165) is 6.07 Å². The second-order valence-corrected chi connectivity index (χ2v) is 9.28. The third kappa shape index (κ3) is 3.18. The maximum Gasteiger partial charge on any atom is 0.244 e. The van der Waals surface area contributed by atoms with Gasteiger partial charge in [0.05, 0.1) is 11.5 Å². The minimum absolute atomic E-state index is 0.0671. The van der Waals surface area contributed by atoms with Gasteiger partial charge < -0.3 is 0 Å². The van der Waals surface area contributed by atoms with Crippen molar-refractivity contribution in [3.63, 3.8) is 0 Å². The third-order valence-electron chi connectivity index (χ3n) is 3.26. The fourth-order valence-corrected chi connectivity index (χ4v) is 6.07. The van der Waals surface area contributed by atoms with Gasteiger partial charge in [0.25, 0.3) is 0 Å². The van der Waals surface area contributed by atoms with Gasteiger partial charge in [0.2, 0.25) is 10.0 Å². The van der Waals surface area contributed by atoms with E-state index in [0.29, 0.717) is 5.56 Å². The SMILES string of the molecule is Cc1ccc(F)c(S(=O)(=O)NC2(C)CCS(=O)(=O)C2)c1. The Morgan fingerprint density at radius 1 is 1.35 bits per heavy atom. The van der Waals surface area contributed by atoms with Gasteiger partial charge in [-0.3, -0.25) is 0 Å². The smallest absolute Gasteiger partial charge is 0.229 e. The predicted octanol–water partition coefficient (Wildman–Crippen LogP) is 0.990. The van der Waals surface area contributed by atoms with E-state index in [9.17, 15) is 21.2 Å². The largest absolute Gasteiger partial charge is 0.244 e. The molecule has 1 aliphatic heterocycles. The van der Waals surface area contributed by atoms with Crippen molar-refractivity contribution < 1.29 is 21.2 Å². The number of nitrogens with one attached hydrogen (secondary N) is 1. The van der Waals surface area contributed by atoms with Crippen LogP contribution in [0.25, 0.3) is 0 Å². The fraction of sp³-hybridized carbons (Fsp3) is 0.500. The quantitative estimate of drug-likeness (QED) is 0.900. The molecule has 0 spiro atoms. The molecular formula is C12H16FNO4S2. The topological polar surface area (TPSA) is 80.3 Å². The molecule has 1 N–H and O–H groups in total. The summed E-state index contributed by atoms with van der Waals surface area (Å²) in [5.41, 5.74) is -0.482. The number of hydrogen-bond acceptors (Lipinski definition) is 4. The molecule has 1 atom stereocenters. The molecule has 0 amide bonds. The molecule has 1 aromatic carbocycles. The Kier molecular flexibility index (Phi) is 3.68. The van der Waals surface area contributed by atoms with Gasteiger partial charge in [0.15, 0.2) is 9.84 Å². The molecule has 0 radical (unpaired) electrons. The second-order valence-electron chi connectivity index (χ2n) is 5.44. The van der Waals surface area contributed by atoms with Gasteiger partial charge in [-0.1, -0.05) is 6.07 Å². The maximum absolute atomic E-state index is 13.7. The van der Waals surface area contributed by atoms with Crippen molar-refractivity contribution >= 4 is 19.9 Å². The lowest BCUT2D eigenvalue weighted by atomic mass is 10.0. The summed E-state index contributed by atoms with van der Waals surface area (Å²) in [6.07, 6.45) is 0.183. The fourth-order valence-electron chi connectivity index (χ4n) is 2.29. The predicted molar refractivity (Wildman–Crippen MR) is 73.1 cm³/mol. The normalized spacial score (nSPS) is 25.8. The minimum Gasteiger partial charge on any atom is -0.229 e. The first-order valence-corrected chi connectivity index (χ1v) is 9.34. The molecule has 1 unspecified atom stereocenters. The summed E-state index contributed by atoms with van der Waals surface area (Å²) in [5.74, 6) is -1.19. The lowest BCUT2D eigenvalue weighted by Crippen LogP contribution is -2.46. The summed E-state index contributed by atoms with van der Waals surface area (Å²) >= 11 is 0. The minimum atomic E-state index is -4.09. The number of aryl methyl sites for hydroxylation is 1.